The number of aliphatic hydroxyl groups is 1. The van der Waals surface area contributed by atoms with Crippen LogP contribution in [0.2, 0.25) is 0 Å². The summed E-state index contributed by atoms with van der Waals surface area (Å²) in [6.45, 7) is 4.46. The molecule has 108 valence electrons. The second kappa shape index (κ2) is 6.50. The number of rotatable bonds is 5. The van der Waals surface area contributed by atoms with Gasteiger partial charge in [0.1, 0.15) is 0 Å². The zero-order valence-electron chi connectivity index (χ0n) is 12.0. The van der Waals surface area contributed by atoms with Crippen LogP contribution >= 0.6 is 0 Å². The minimum Gasteiger partial charge on any atom is -0.396 e. The van der Waals surface area contributed by atoms with Crippen LogP contribution in [0.25, 0.3) is 0 Å². The van der Waals surface area contributed by atoms with E-state index in [1.807, 2.05) is 17.9 Å². The Morgan fingerprint density at radius 3 is 2.95 bits per heavy atom. The first-order valence-corrected chi connectivity index (χ1v) is 7.21. The second-order valence-corrected chi connectivity index (χ2v) is 5.77. The highest BCUT2D eigenvalue weighted by Crippen LogP contribution is 2.29. The lowest BCUT2D eigenvalue weighted by Gasteiger charge is -2.39. The van der Waals surface area contributed by atoms with E-state index < -0.39 is 0 Å². The summed E-state index contributed by atoms with van der Waals surface area (Å²) in [7, 11) is 1.94. The van der Waals surface area contributed by atoms with Gasteiger partial charge in [-0.2, -0.15) is 5.10 Å². The average Bonchev–Trinajstić information content (AvgIpc) is 2.76. The van der Waals surface area contributed by atoms with Crippen molar-refractivity contribution in [3.8, 4) is 0 Å². The Bertz CT molecular complexity index is 389. The molecule has 19 heavy (non-hydrogen) atoms. The van der Waals surface area contributed by atoms with Crippen LogP contribution < -0.4 is 5.73 Å². The first kappa shape index (κ1) is 14.5. The molecule has 0 aliphatic carbocycles. The van der Waals surface area contributed by atoms with Gasteiger partial charge in [-0.05, 0) is 38.6 Å². The number of piperidine rings is 1. The molecule has 5 heteroatoms. The molecule has 5 nitrogen and oxygen atoms in total. The van der Waals surface area contributed by atoms with E-state index in [4.69, 9.17) is 10.8 Å². The number of nitrogens with two attached hydrogens (primary N) is 1. The Morgan fingerprint density at radius 1 is 1.58 bits per heavy atom. The number of hydrogen-bond donors (Lipinski definition) is 2. The van der Waals surface area contributed by atoms with Gasteiger partial charge in [0.2, 0.25) is 0 Å². The number of nitrogens with zero attached hydrogens (tertiary/aromatic N) is 3. The van der Waals surface area contributed by atoms with E-state index >= 15 is 0 Å². The molecular weight excluding hydrogens is 240 g/mol. The number of hydrogen-bond acceptors (Lipinski definition) is 4. The van der Waals surface area contributed by atoms with Crippen molar-refractivity contribution in [1.82, 2.24) is 14.7 Å². The summed E-state index contributed by atoms with van der Waals surface area (Å²) < 4.78 is 1.83. The summed E-state index contributed by atoms with van der Waals surface area (Å²) in [6, 6.07) is 0.312. The van der Waals surface area contributed by atoms with E-state index in [2.05, 4.69) is 23.1 Å². The van der Waals surface area contributed by atoms with Crippen molar-refractivity contribution in [1.29, 1.82) is 0 Å². The van der Waals surface area contributed by atoms with Gasteiger partial charge in [0.05, 0.1) is 12.2 Å². The SMILES string of the molecule is CC(N)C(c1cnn(C)c1)N1CCCC(CCO)C1. The maximum absolute atomic E-state index is 9.12. The molecule has 1 saturated heterocycles. The van der Waals surface area contributed by atoms with E-state index in [1.165, 1.54) is 18.4 Å². The summed E-state index contributed by atoms with van der Waals surface area (Å²) in [5.41, 5.74) is 7.40. The van der Waals surface area contributed by atoms with Gasteiger partial charge in [-0.3, -0.25) is 9.58 Å². The van der Waals surface area contributed by atoms with Gasteiger partial charge in [0.25, 0.3) is 0 Å². The first-order chi connectivity index (χ1) is 9.11. The lowest BCUT2D eigenvalue weighted by Crippen LogP contribution is -2.44. The van der Waals surface area contributed by atoms with E-state index in [9.17, 15) is 0 Å². The molecule has 1 aliphatic rings. The van der Waals surface area contributed by atoms with Gasteiger partial charge in [-0.25, -0.2) is 0 Å². The first-order valence-electron chi connectivity index (χ1n) is 7.21. The molecule has 3 unspecified atom stereocenters. The lowest BCUT2D eigenvalue weighted by atomic mass is 9.91. The zero-order chi connectivity index (χ0) is 13.8. The number of likely N-dealkylation sites (tertiary alicyclic amines) is 1. The highest BCUT2D eigenvalue weighted by atomic mass is 16.3. The van der Waals surface area contributed by atoms with Crippen molar-refractivity contribution < 1.29 is 5.11 Å². The predicted molar refractivity (Wildman–Crippen MR) is 75.6 cm³/mol. The van der Waals surface area contributed by atoms with Crippen molar-refractivity contribution in [2.45, 2.75) is 38.3 Å². The van der Waals surface area contributed by atoms with E-state index in [0.717, 1.165) is 19.5 Å². The standard InChI is InChI=1S/C14H26N4O/c1-11(15)14(13-8-16-17(2)10-13)18-6-3-4-12(9-18)5-7-19/h8,10-12,14,19H,3-7,9,15H2,1-2H3. The minimum absolute atomic E-state index is 0.0806. The van der Waals surface area contributed by atoms with Crippen molar-refractivity contribution in [3.05, 3.63) is 18.0 Å². The maximum atomic E-state index is 9.12. The van der Waals surface area contributed by atoms with Crippen LogP contribution in [0, 0.1) is 5.92 Å². The maximum Gasteiger partial charge on any atom is 0.0538 e. The second-order valence-electron chi connectivity index (χ2n) is 5.77. The Kier molecular flexibility index (Phi) is 4.96. The van der Waals surface area contributed by atoms with Crippen molar-refractivity contribution in [2.75, 3.05) is 19.7 Å². The average molecular weight is 266 g/mol. The topological polar surface area (TPSA) is 67.3 Å². The predicted octanol–water partition coefficient (Wildman–Crippen LogP) is 0.903. The quantitative estimate of drug-likeness (QED) is 0.831. The van der Waals surface area contributed by atoms with Gasteiger partial charge in [0, 0.05) is 38.0 Å². The molecule has 2 heterocycles. The van der Waals surface area contributed by atoms with Crippen LogP contribution in [-0.2, 0) is 7.05 Å². The molecule has 3 N–H and O–H groups in total. The summed E-state index contributed by atoms with van der Waals surface area (Å²) in [4.78, 5) is 2.46. The molecule has 0 saturated carbocycles. The number of aryl methyl sites for hydroxylation is 1. The van der Waals surface area contributed by atoms with Crippen LogP contribution in [0.3, 0.4) is 0 Å². The van der Waals surface area contributed by atoms with Crippen molar-refractivity contribution in [3.63, 3.8) is 0 Å². The third kappa shape index (κ3) is 3.55. The van der Waals surface area contributed by atoms with Gasteiger partial charge < -0.3 is 10.8 Å². The fourth-order valence-corrected chi connectivity index (χ4v) is 3.21. The molecule has 3 atom stereocenters. The summed E-state index contributed by atoms with van der Waals surface area (Å²) >= 11 is 0. The molecule has 1 aliphatic heterocycles. The van der Waals surface area contributed by atoms with Crippen LogP contribution in [0.1, 0.15) is 37.8 Å². The summed E-state index contributed by atoms with van der Waals surface area (Å²) in [5.74, 6) is 0.594. The largest absolute Gasteiger partial charge is 0.396 e. The number of aromatic nitrogens is 2. The van der Waals surface area contributed by atoms with E-state index in [1.54, 1.807) is 0 Å². The molecule has 0 bridgehead atoms. The monoisotopic (exact) mass is 266 g/mol. The van der Waals surface area contributed by atoms with Crippen LogP contribution in [-0.4, -0.2) is 45.5 Å². The van der Waals surface area contributed by atoms with Crippen LogP contribution in [0.4, 0.5) is 0 Å². The highest BCUT2D eigenvalue weighted by Gasteiger charge is 2.29. The summed E-state index contributed by atoms with van der Waals surface area (Å²) in [6.07, 6.45) is 7.28. The normalized spacial score (nSPS) is 24.3. The molecule has 0 aromatic carbocycles. The molecule has 1 aromatic rings. The van der Waals surface area contributed by atoms with Gasteiger partial charge in [0.15, 0.2) is 0 Å². The fraction of sp³-hybridized carbons (Fsp3) is 0.786. The Morgan fingerprint density at radius 2 is 2.37 bits per heavy atom. The van der Waals surface area contributed by atoms with Crippen LogP contribution in [0.5, 0.6) is 0 Å². The van der Waals surface area contributed by atoms with Crippen molar-refractivity contribution in [2.24, 2.45) is 18.7 Å². The van der Waals surface area contributed by atoms with E-state index in [0.29, 0.717) is 5.92 Å². The van der Waals surface area contributed by atoms with Crippen molar-refractivity contribution >= 4 is 0 Å². The molecule has 1 fully saturated rings. The fourth-order valence-electron chi connectivity index (χ4n) is 3.21. The molecule has 1 aromatic heterocycles. The molecule has 2 rings (SSSR count). The van der Waals surface area contributed by atoms with Gasteiger partial charge in [-0.15, -0.1) is 0 Å². The third-order valence-electron chi connectivity index (χ3n) is 4.05. The highest BCUT2D eigenvalue weighted by molar-refractivity contribution is 5.13. The summed E-state index contributed by atoms with van der Waals surface area (Å²) in [5, 5.41) is 13.4. The molecule has 0 spiro atoms. The molecular formula is C14H26N4O. The van der Waals surface area contributed by atoms with E-state index in [-0.39, 0.29) is 18.7 Å². The Labute approximate surface area is 115 Å². The van der Waals surface area contributed by atoms with Crippen LogP contribution in [0.15, 0.2) is 12.4 Å². The lowest BCUT2D eigenvalue weighted by molar-refractivity contribution is 0.0967. The number of aliphatic hydroxyl groups excluding tert-OH is 1. The minimum atomic E-state index is 0.0806. The van der Waals surface area contributed by atoms with Gasteiger partial charge in [-0.1, -0.05) is 0 Å². The van der Waals surface area contributed by atoms with Gasteiger partial charge >= 0.3 is 0 Å². The smallest absolute Gasteiger partial charge is 0.0538 e. The third-order valence-corrected chi connectivity index (χ3v) is 4.05. The zero-order valence-corrected chi connectivity index (χ0v) is 12.0. The molecule has 0 radical (unpaired) electrons. The Balaban J connectivity index is 2.10. The Hall–Kier alpha value is -0.910. The molecule has 0 amide bonds.